The quantitative estimate of drug-likeness (QED) is 0.566. The van der Waals surface area contributed by atoms with E-state index in [0.29, 0.717) is 0 Å². The van der Waals surface area contributed by atoms with E-state index >= 15 is 0 Å². The molecule has 0 spiro atoms. The SMILES string of the molecule is CSCCCN[C@H](C)CO. The second-order valence-corrected chi connectivity index (χ2v) is 3.37. The molecule has 2 N–H and O–H groups in total. The van der Waals surface area contributed by atoms with Crippen LogP contribution in [0.2, 0.25) is 0 Å². The van der Waals surface area contributed by atoms with Gasteiger partial charge in [-0.2, -0.15) is 11.8 Å². The lowest BCUT2D eigenvalue weighted by Crippen LogP contribution is -2.30. The summed E-state index contributed by atoms with van der Waals surface area (Å²) in [6.45, 7) is 3.24. The molecule has 0 aliphatic carbocycles. The maximum absolute atomic E-state index is 8.62. The van der Waals surface area contributed by atoms with Gasteiger partial charge < -0.3 is 10.4 Å². The Morgan fingerprint density at radius 2 is 2.30 bits per heavy atom. The van der Waals surface area contributed by atoms with Gasteiger partial charge in [0.05, 0.1) is 6.61 Å². The summed E-state index contributed by atoms with van der Waals surface area (Å²) < 4.78 is 0. The van der Waals surface area contributed by atoms with Crippen molar-refractivity contribution in [3.63, 3.8) is 0 Å². The van der Waals surface area contributed by atoms with Crippen LogP contribution in [0, 0.1) is 0 Å². The Kier molecular flexibility index (Phi) is 7.58. The summed E-state index contributed by atoms with van der Waals surface area (Å²) in [4.78, 5) is 0. The largest absolute Gasteiger partial charge is 0.395 e. The maximum atomic E-state index is 8.62. The Balaban J connectivity index is 2.89. The Morgan fingerprint density at radius 3 is 2.80 bits per heavy atom. The predicted molar refractivity (Wildman–Crippen MR) is 47.5 cm³/mol. The van der Waals surface area contributed by atoms with Crippen LogP contribution in [0.1, 0.15) is 13.3 Å². The van der Waals surface area contributed by atoms with Gasteiger partial charge in [0.15, 0.2) is 0 Å². The van der Waals surface area contributed by atoms with E-state index in [2.05, 4.69) is 11.6 Å². The topological polar surface area (TPSA) is 32.3 Å². The first kappa shape index (κ1) is 10.3. The molecule has 0 heterocycles. The molecule has 0 aromatic rings. The molecule has 0 radical (unpaired) electrons. The number of aliphatic hydroxyl groups is 1. The molecule has 2 nitrogen and oxygen atoms in total. The van der Waals surface area contributed by atoms with Crippen LogP contribution in [0.25, 0.3) is 0 Å². The van der Waals surface area contributed by atoms with Gasteiger partial charge in [-0.05, 0) is 31.9 Å². The number of thioether (sulfide) groups is 1. The van der Waals surface area contributed by atoms with Crippen LogP contribution < -0.4 is 5.32 Å². The molecular formula is C7H17NOS. The third-order valence-corrected chi connectivity index (χ3v) is 1.99. The fourth-order valence-corrected chi connectivity index (χ4v) is 1.06. The minimum absolute atomic E-state index is 0.235. The lowest BCUT2D eigenvalue weighted by molar-refractivity contribution is 0.252. The summed E-state index contributed by atoms with van der Waals surface area (Å²) in [6, 6.07) is 0.252. The van der Waals surface area contributed by atoms with Crippen molar-refractivity contribution in [3.8, 4) is 0 Å². The molecular weight excluding hydrogens is 146 g/mol. The van der Waals surface area contributed by atoms with Gasteiger partial charge in [-0.1, -0.05) is 0 Å². The third-order valence-electron chi connectivity index (χ3n) is 1.29. The van der Waals surface area contributed by atoms with E-state index in [0.717, 1.165) is 6.54 Å². The zero-order valence-corrected chi connectivity index (χ0v) is 7.58. The van der Waals surface area contributed by atoms with Gasteiger partial charge in [0, 0.05) is 6.04 Å². The fourth-order valence-electron chi connectivity index (χ4n) is 0.630. The van der Waals surface area contributed by atoms with Gasteiger partial charge in [-0.3, -0.25) is 0 Å². The van der Waals surface area contributed by atoms with Gasteiger partial charge in [-0.25, -0.2) is 0 Å². The van der Waals surface area contributed by atoms with Gasteiger partial charge in [-0.15, -0.1) is 0 Å². The molecule has 0 amide bonds. The van der Waals surface area contributed by atoms with Gasteiger partial charge >= 0.3 is 0 Å². The van der Waals surface area contributed by atoms with E-state index in [1.807, 2.05) is 18.7 Å². The van der Waals surface area contributed by atoms with E-state index in [-0.39, 0.29) is 12.6 Å². The smallest absolute Gasteiger partial charge is 0.0581 e. The summed E-state index contributed by atoms with van der Waals surface area (Å²) in [7, 11) is 0. The Morgan fingerprint density at radius 1 is 1.60 bits per heavy atom. The van der Waals surface area contributed by atoms with Crippen LogP contribution >= 0.6 is 11.8 Å². The number of hydrogen-bond donors (Lipinski definition) is 2. The summed E-state index contributed by atoms with van der Waals surface area (Å²) >= 11 is 1.86. The van der Waals surface area contributed by atoms with E-state index in [1.165, 1.54) is 12.2 Å². The normalized spacial score (nSPS) is 13.5. The predicted octanol–water partition coefficient (Wildman–Crippen LogP) is 0.710. The van der Waals surface area contributed by atoms with Crippen molar-refractivity contribution in [1.29, 1.82) is 0 Å². The van der Waals surface area contributed by atoms with Crippen molar-refractivity contribution in [2.45, 2.75) is 19.4 Å². The summed E-state index contributed by atoms with van der Waals surface area (Å²) in [5.41, 5.74) is 0. The zero-order valence-electron chi connectivity index (χ0n) is 6.76. The van der Waals surface area contributed by atoms with Gasteiger partial charge in [0.1, 0.15) is 0 Å². The molecule has 0 aromatic carbocycles. The fraction of sp³-hybridized carbons (Fsp3) is 1.00. The molecule has 0 saturated heterocycles. The van der Waals surface area contributed by atoms with Crippen LogP contribution in [0.3, 0.4) is 0 Å². The van der Waals surface area contributed by atoms with Crippen molar-refractivity contribution in [3.05, 3.63) is 0 Å². The van der Waals surface area contributed by atoms with Crippen LogP contribution in [-0.2, 0) is 0 Å². The highest BCUT2D eigenvalue weighted by atomic mass is 32.2. The Labute approximate surface area is 67.4 Å². The van der Waals surface area contributed by atoms with Crippen molar-refractivity contribution in [2.24, 2.45) is 0 Å². The zero-order chi connectivity index (χ0) is 7.82. The second kappa shape index (κ2) is 7.38. The summed E-state index contributed by atoms with van der Waals surface area (Å²) in [5.74, 6) is 1.20. The van der Waals surface area contributed by atoms with E-state index in [9.17, 15) is 0 Å². The molecule has 0 fully saturated rings. The highest BCUT2D eigenvalue weighted by Crippen LogP contribution is 1.93. The molecule has 0 bridgehead atoms. The van der Waals surface area contributed by atoms with Crippen LogP contribution in [0.5, 0.6) is 0 Å². The molecule has 0 aliphatic rings. The molecule has 3 heteroatoms. The highest BCUT2D eigenvalue weighted by Gasteiger charge is 1.95. The van der Waals surface area contributed by atoms with Gasteiger partial charge in [0.2, 0.25) is 0 Å². The molecule has 62 valence electrons. The van der Waals surface area contributed by atoms with Crippen LogP contribution in [0.15, 0.2) is 0 Å². The number of aliphatic hydroxyl groups excluding tert-OH is 1. The molecule has 0 saturated carbocycles. The van der Waals surface area contributed by atoms with Crippen molar-refractivity contribution < 1.29 is 5.11 Å². The van der Waals surface area contributed by atoms with Crippen LogP contribution in [-0.4, -0.2) is 36.3 Å². The Bertz CT molecular complexity index is 70.6. The minimum atomic E-state index is 0.235. The van der Waals surface area contributed by atoms with Crippen molar-refractivity contribution in [2.75, 3.05) is 25.2 Å². The minimum Gasteiger partial charge on any atom is -0.395 e. The monoisotopic (exact) mass is 163 g/mol. The maximum Gasteiger partial charge on any atom is 0.0581 e. The molecule has 0 aromatic heterocycles. The summed E-state index contributed by atoms with van der Waals surface area (Å²) in [6.07, 6.45) is 3.29. The van der Waals surface area contributed by atoms with Crippen molar-refractivity contribution in [1.82, 2.24) is 5.32 Å². The van der Waals surface area contributed by atoms with E-state index < -0.39 is 0 Å². The number of rotatable bonds is 6. The highest BCUT2D eigenvalue weighted by molar-refractivity contribution is 7.98. The molecule has 1 atom stereocenters. The first-order chi connectivity index (χ1) is 4.81. The van der Waals surface area contributed by atoms with Crippen molar-refractivity contribution >= 4 is 11.8 Å². The second-order valence-electron chi connectivity index (χ2n) is 2.38. The van der Waals surface area contributed by atoms with Crippen LogP contribution in [0.4, 0.5) is 0 Å². The van der Waals surface area contributed by atoms with E-state index in [4.69, 9.17) is 5.11 Å². The number of hydrogen-bond acceptors (Lipinski definition) is 3. The first-order valence-corrected chi connectivity index (χ1v) is 5.03. The molecule has 10 heavy (non-hydrogen) atoms. The van der Waals surface area contributed by atoms with E-state index in [1.54, 1.807) is 0 Å². The lowest BCUT2D eigenvalue weighted by atomic mass is 10.3. The third kappa shape index (κ3) is 6.39. The average Bonchev–Trinajstić information content (AvgIpc) is 1.98. The lowest BCUT2D eigenvalue weighted by Gasteiger charge is -2.08. The molecule has 0 rings (SSSR count). The summed E-state index contributed by atoms with van der Waals surface area (Å²) in [5, 5.41) is 11.8. The molecule has 0 unspecified atom stereocenters. The number of nitrogens with one attached hydrogen (secondary N) is 1. The Hall–Kier alpha value is 0.270. The first-order valence-electron chi connectivity index (χ1n) is 3.64. The molecule has 0 aliphatic heterocycles. The standard InChI is InChI=1S/C7H17NOS/c1-7(6-9)8-4-3-5-10-2/h7-9H,3-6H2,1-2H3/t7-/m1/s1. The van der Waals surface area contributed by atoms with Gasteiger partial charge in [0.25, 0.3) is 0 Å². The average molecular weight is 163 g/mol.